The third kappa shape index (κ3) is 7.08. The van der Waals surface area contributed by atoms with Gasteiger partial charge in [0.1, 0.15) is 18.3 Å². The predicted octanol–water partition coefficient (Wildman–Crippen LogP) is 4.42. The van der Waals surface area contributed by atoms with E-state index in [1.807, 2.05) is 31.2 Å². The maximum absolute atomic E-state index is 14.3. The number of benzene rings is 3. The standard InChI is InChI=1S/C30H36ClN3O7S/c1-7-24(30(36)32-3)33(18-21-11-9-8-10-20(21)2)29(35)19-34(25-16-22(31)12-14-26(25)39-4)42(37,38)23-13-15-27(40-5)28(17-23)41-6/h8-17,24H,7,18-19H2,1-6H3,(H,32,36)/t24-/m0/s1. The molecule has 42 heavy (non-hydrogen) atoms. The highest BCUT2D eigenvalue weighted by Gasteiger charge is 2.35. The molecule has 3 aromatic carbocycles. The van der Waals surface area contributed by atoms with Crippen LogP contribution in [0.4, 0.5) is 5.69 Å². The molecule has 12 heteroatoms. The van der Waals surface area contributed by atoms with Gasteiger partial charge in [-0.1, -0.05) is 42.8 Å². The van der Waals surface area contributed by atoms with Gasteiger partial charge in [-0.25, -0.2) is 8.42 Å². The van der Waals surface area contributed by atoms with E-state index in [1.165, 1.54) is 63.6 Å². The minimum Gasteiger partial charge on any atom is -0.495 e. The number of anilines is 1. The van der Waals surface area contributed by atoms with Gasteiger partial charge in [-0.05, 0) is 54.8 Å². The zero-order valence-electron chi connectivity index (χ0n) is 24.5. The van der Waals surface area contributed by atoms with Crippen LogP contribution in [0.25, 0.3) is 0 Å². The summed E-state index contributed by atoms with van der Waals surface area (Å²) in [7, 11) is 1.29. The first-order valence-corrected chi connectivity index (χ1v) is 15.0. The van der Waals surface area contributed by atoms with Crippen molar-refractivity contribution in [2.75, 3.05) is 39.2 Å². The van der Waals surface area contributed by atoms with E-state index in [9.17, 15) is 18.0 Å². The maximum atomic E-state index is 14.3. The molecular weight excluding hydrogens is 582 g/mol. The van der Waals surface area contributed by atoms with Gasteiger partial charge in [0, 0.05) is 24.7 Å². The number of carbonyl (C=O) groups excluding carboxylic acids is 2. The van der Waals surface area contributed by atoms with Crippen molar-refractivity contribution in [1.82, 2.24) is 10.2 Å². The molecule has 10 nitrogen and oxygen atoms in total. The molecule has 0 heterocycles. The zero-order valence-corrected chi connectivity index (χ0v) is 26.1. The topological polar surface area (TPSA) is 114 Å². The molecule has 2 amide bonds. The van der Waals surface area contributed by atoms with Crippen LogP contribution in [0.1, 0.15) is 24.5 Å². The van der Waals surface area contributed by atoms with Crippen molar-refractivity contribution < 1.29 is 32.2 Å². The third-order valence-corrected chi connectivity index (χ3v) is 8.86. The summed E-state index contributed by atoms with van der Waals surface area (Å²) in [5.74, 6) is -0.260. The van der Waals surface area contributed by atoms with Gasteiger partial charge < -0.3 is 24.4 Å². The Bertz CT molecular complexity index is 1530. The fraction of sp³-hybridized carbons (Fsp3) is 0.333. The first-order valence-electron chi connectivity index (χ1n) is 13.2. The van der Waals surface area contributed by atoms with Crippen molar-refractivity contribution >= 4 is 39.1 Å². The fourth-order valence-electron chi connectivity index (χ4n) is 4.53. The number of halogens is 1. The summed E-state index contributed by atoms with van der Waals surface area (Å²) in [6.45, 7) is 3.14. The van der Waals surface area contributed by atoms with Gasteiger partial charge in [0.2, 0.25) is 11.8 Å². The van der Waals surface area contributed by atoms with E-state index in [0.29, 0.717) is 12.2 Å². The lowest BCUT2D eigenvalue weighted by Gasteiger charge is -2.33. The van der Waals surface area contributed by atoms with Crippen LogP contribution in [0.5, 0.6) is 17.2 Å². The van der Waals surface area contributed by atoms with Crippen molar-refractivity contribution in [1.29, 1.82) is 0 Å². The van der Waals surface area contributed by atoms with Gasteiger partial charge >= 0.3 is 0 Å². The third-order valence-electron chi connectivity index (χ3n) is 6.87. The van der Waals surface area contributed by atoms with Crippen molar-refractivity contribution in [2.24, 2.45) is 0 Å². The zero-order chi connectivity index (χ0) is 31.0. The summed E-state index contributed by atoms with van der Waals surface area (Å²) in [6, 6.07) is 15.3. The largest absolute Gasteiger partial charge is 0.495 e. The lowest BCUT2D eigenvalue weighted by atomic mass is 10.1. The smallest absolute Gasteiger partial charge is 0.265 e. The second kappa shape index (κ2) is 14.3. The Labute approximate surface area is 252 Å². The molecular formula is C30H36ClN3O7S. The number of carbonyl (C=O) groups is 2. The summed E-state index contributed by atoms with van der Waals surface area (Å²) in [6.07, 6.45) is 0.306. The minimum atomic E-state index is -4.42. The average molecular weight is 618 g/mol. The van der Waals surface area contributed by atoms with Gasteiger partial charge in [0.05, 0.1) is 31.9 Å². The molecule has 0 saturated heterocycles. The normalized spacial score (nSPS) is 11.8. The van der Waals surface area contributed by atoms with Gasteiger partial charge in [-0.2, -0.15) is 0 Å². The quantitative estimate of drug-likeness (QED) is 0.302. The van der Waals surface area contributed by atoms with Gasteiger partial charge in [0.25, 0.3) is 10.0 Å². The van der Waals surface area contributed by atoms with Crippen LogP contribution < -0.4 is 23.8 Å². The van der Waals surface area contributed by atoms with E-state index < -0.39 is 28.5 Å². The van der Waals surface area contributed by atoms with Crippen LogP contribution in [0.3, 0.4) is 0 Å². The Kier molecular flexibility index (Phi) is 11.1. The Hall–Kier alpha value is -3.96. The van der Waals surface area contributed by atoms with Crippen molar-refractivity contribution in [2.45, 2.75) is 37.8 Å². The number of rotatable bonds is 13. The monoisotopic (exact) mass is 617 g/mol. The summed E-state index contributed by atoms with van der Waals surface area (Å²) in [5, 5.41) is 2.85. The number of hydrogen-bond acceptors (Lipinski definition) is 7. The van der Waals surface area contributed by atoms with Crippen molar-refractivity contribution in [3.63, 3.8) is 0 Å². The molecule has 226 valence electrons. The predicted molar refractivity (Wildman–Crippen MR) is 162 cm³/mol. The van der Waals surface area contributed by atoms with Crippen LogP contribution >= 0.6 is 11.6 Å². The number of sulfonamides is 1. The average Bonchev–Trinajstić information content (AvgIpc) is 2.99. The van der Waals surface area contributed by atoms with Crippen LogP contribution in [-0.4, -0.2) is 66.1 Å². The Morgan fingerprint density at radius 3 is 2.17 bits per heavy atom. The van der Waals surface area contributed by atoms with Gasteiger partial charge in [-0.3, -0.25) is 13.9 Å². The Balaban J connectivity index is 2.19. The van der Waals surface area contributed by atoms with Gasteiger partial charge in [-0.15, -0.1) is 0 Å². The van der Waals surface area contributed by atoms with E-state index in [0.717, 1.165) is 15.4 Å². The number of methoxy groups -OCH3 is 3. The molecule has 1 N–H and O–H groups in total. The summed E-state index contributed by atoms with van der Waals surface area (Å²) >= 11 is 6.30. The second-order valence-electron chi connectivity index (χ2n) is 9.33. The number of aryl methyl sites for hydroxylation is 1. The van der Waals surface area contributed by atoms with E-state index in [-0.39, 0.29) is 39.6 Å². The fourth-order valence-corrected chi connectivity index (χ4v) is 6.13. The number of hydrogen-bond donors (Lipinski definition) is 1. The molecule has 0 aromatic heterocycles. The number of nitrogens with one attached hydrogen (secondary N) is 1. The lowest BCUT2D eigenvalue weighted by molar-refractivity contribution is -0.140. The molecule has 0 aliphatic carbocycles. The molecule has 0 bridgehead atoms. The van der Waals surface area contributed by atoms with Crippen LogP contribution in [-0.2, 0) is 26.2 Å². The highest BCUT2D eigenvalue weighted by molar-refractivity contribution is 7.92. The molecule has 0 unspecified atom stereocenters. The van der Waals surface area contributed by atoms with E-state index in [4.69, 9.17) is 25.8 Å². The number of nitrogens with zero attached hydrogens (tertiary/aromatic N) is 2. The first kappa shape index (κ1) is 32.6. The molecule has 0 radical (unpaired) electrons. The molecule has 0 saturated carbocycles. The number of amides is 2. The van der Waals surface area contributed by atoms with E-state index in [2.05, 4.69) is 5.32 Å². The summed E-state index contributed by atoms with van der Waals surface area (Å²) in [4.78, 5) is 28.3. The molecule has 0 spiro atoms. The highest BCUT2D eigenvalue weighted by Crippen LogP contribution is 2.37. The first-order chi connectivity index (χ1) is 20.0. The molecule has 1 atom stereocenters. The summed E-state index contributed by atoms with van der Waals surface area (Å²) < 4.78 is 45.5. The summed E-state index contributed by atoms with van der Waals surface area (Å²) in [5.41, 5.74) is 1.80. The Morgan fingerprint density at radius 1 is 0.929 bits per heavy atom. The van der Waals surface area contributed by atoms with Crippen molar-refractivity contribution in [3.8, 4) is 17.2 Å². The number of ether oxygens (including phenoxy) is 3. The Morgan fingerprint density at radius 2 is 1.57 bits per heavy atom. The van der Waals surface area contributed by atoms with E-state index in [1.54, 1.807) is 13.0 Å². The van der Waals surface area contributed by atoms with Crippen LogP contribution in [0.15, 0.2) is 65.6 Å². The van der Waals surface area contributed by atoms with E-state index >= 15 is 0 Å². The molecule has 0 aliphatic heterocycles. The second-order valence-corrected chi connectivity index (χ2v) is 11.6. The SMILES string of the molecule is CC[C@@H](C(=O)NC)N(Cc1ccccc1C)C(=O)CN(c1cc(Cl)ccc1OC)S(=O)(=O)c1ccc(OC)c(OC)c1. The van der Waals surface area contributed by atoms with Crippen molar-refractivity contribution in [3.05, 3.63) is 76.8 Å². The maximum Gasteiger partial charge on any atom is 0.265 e. The lowest BCUT2D eigenvalue weighted by Crippen LogP contribution is -2.51. The molecule has 3 aromatic rings. The van der Waals surface area contributed by atoms with Crippen LogP contribution in [0, 0.1) is 6.92 Å². The minimum absolute atomic E-state index is 0.0527. The molecule has 0 aliphatic rings. The number of likely N-dealkylation sites (N-methyl/N-ethyl adjacent to an activating group) is 1. The molecule has 0 fully saturated rings. The molecule has 3 rings (SSSR count). The van der Waals surface area contributed by atoms with Crippen LogP contribution in [0.2, 0.25) is 5.02 Å². The highest BCUT2D eigenvalue weighted by atomic mass is 35.5. The van der Waals surface area contributed by atoms with Gasteiger partial charge in [0.15, 0.2) is 11.5 Å².